The maximum atomic E-state index is 13.0. The van der Waals surface area contributed by atoms with Crippen LogP contribution < -0.4 is 5.32 Å². The molecule has 2 aliphatic rings. The second-order valence-electron chi connectivity index (χ2n) is 8.60. The summed E-state index contributed by atoms with van der Waals surface area (Å²) in [6, 6.07) is 3.54. The molecule has 0 saturated carbocycles. The summed E-state index contributed by atoms with van der Waals surface area (Å²) in [5.74, 6) is 1.38. The molecule has 0 radical (unpaired) electrons. The van der Waals surface area contributed by atoms with Gasteiger partial charge >= 0.3 is 5.97 Å². The molecule has 1 N–H and O–H groups in total. The number of hydrogen-bond donors (Lipinski definition) is 1. The topological polar surface area (TPSA) is 92.6 Å². The van der Waals surface area contributed by atoms with Crippen LogP contribution in [0.2, 0.25) is 0 Å². The minimum absolute atomic E-state index is 0.0509. The molecule has 1 unspecified atom stereocenters. The van der Waals surface area contributed by atoms with Crippen LogP contribution in [0.25, 0.3) is 0 Å². The summed E-state index contributed by atoms with van der Waals surface area (Å²) in [6.45, 7) is 2.46. The third kappa shape index (κ3) is 4.27. The number of nitrogens with one attached hydrogen (secondary N) is 1. The second kappa shape index (κ2) is 8.66. The monoisotopic (exact) mass is 426 g/mol. The summed E-state index contributed by atoms with van der Waals surface area (Å²) in [4.78, 5) is 38.3. The fraction of sp³-hybridized carbons (Fsp3) is 0.545. The third-order valence-corrected chi connectivity index (χ3v) is 6.46. The van der Waals surface area contributed by atoms with Gasteiger partial charge in [0, 0.05) is 58.7 Å². The van der Waals surface area contributed by atoms with Gasteiger partial charge in [0.15, 0.2) is 0 Å². The number of amides is 1. The molecular formula is C22H30N6O3. The fourth-order valence-electron chi connectivity index (χ4n) is 4.63. The van der Waals surface area contributed by atoms with Gasteiger partial charge in [-0.3, -0.25) is 14.5 Å². The van der Waals surface area contributed by atoms with E-state index in [0.717, 1.165) is 5.82 Å². The van der Waals surface area contributed by atoms with Crippen LogP contribution in [0.4, 0.5) is 5.82 Å². The van der Waals surface area contributed by atoms with Gasteiger partial charge in [-0.15, -0.1) is 0 Å². The molecule has 2 aromatic rings. The van der Waals surface area contributed by atoms with Gasteiger partial charge in [0.25, 0.3) is 5.91 Å². The number of likely N-dealkylation sites (N-methyl/N-ethyl adjacent to an activating group) is 1. The lowest BCUT2D eigenvalue weighted by atomic mass is 9.76. The van der Waals surface area contributed by atoms with Gasteiger partial charge in [0.2, 0.25) is 0 Å². The number of nitrogens with zero attached hydrogens (tertiary/aromatic N) is 5. The maximum Gasteiger partial charge on any atom is 0.312 e. The highest BCUT2D eigenvalue weighted by Crippen LogP contribution is 2.43. The van der Waals surface area contributed by atoms with Crippen molar-refractivity contribution in [2.45, 2.75) is 31.9 Å². The highest BCUT2D eigenvalue weighted by molar-refractivity contribution is 5.98. The van der Waals surface area contributed by atoms with Gasteiger partial charge in [-0.05, 0) is 32.0 Å². The molecule has 1 spiro atoms. The minimum Gasteiger partial charge on any atom is -0.461 e. The maximum absolute atomic E-state index is 13.0. The highest BCUT2D eigenvalue weighted by Gasteiger charge is 2.51. The molecule has 0 aliphatic carbocycles. The first-order chi connectivity index (χ1) is 14.9. The van der Waals surface area contributed by atoms with Gasteiger partial charge in [-0.25, -0.2) is 9.97 Å². The van der Waals surface area contributed by atoms with Crippen molar-refractivity contribution < 1.29 is 14.3 Å². The van der Waals surface area contributed by atoms with Gasteiger partial charge < -0.3 is 19.5 Å². The Morgan fingerprint density at radius 1 is 1.32 bits per heavy atom. The Bertz CT molecular complexity index is 950. The molecule has 0 aromatic carbocycles. The average Bonchev–Trinajstić information content (AvgIpc) is 3.30. The molecule has 9 nitrogen and oxygen atoms in total. The predicted molar refractivity (Wildman–Crippen MR) is 115 cm³/mol. The Labute approximate surface area is 182 Å². The summed E-state index contributed by atoms with van der Waals surface area (Å²) < 4.78 is 7.75. The van der Waals surface area contributed by atoms with E-state index in [9.17, 15) is 9.59 Å². The van der Waals surface area contributed by atoms with Crippen LogP contribution in [-0.2, 0) is 23.1 Å². The largest absolute Gasteiger partial charge is 0.461 e. The molecule has 4 heterocycles. The molecule has 2 aliphatic heterocycles. The molecule has 2 fully saturated rings. The number of likely N-dealkylation sites (tertiary alicyclic amines) is 1. The van der Waals surface area contributed by atoms with Gasteiger partial charge in [-0.2, -0.15) is 0 Å². The predicted octanol–water partition coefficient (Wildman–Crippen LogP) is 1.53. The molecule has 9 heteroatoms. The Kier molecular flexibility index (Phi) is 5.95. The van der Waals surface area contributed by atoms with Gasteiger partial charge in [-0.1, -0.05) is 0 Å². The number of hydrogen-bond acceptors (Lipinski definition) is 7. The molecule has 1 amide bonds. The van der Waals surface area contributed by atoms with E-state index in [0.29, 0.717) is 56.8 Å². The van der Waals surface area contributed by atoms with Crippen molar-refractivity contribution in [1.29, 1.82) is 0 Å². The van der Waals surface area contributed by atoms with E-state index >= 15 is 0 Å². The molecule has 2 saturated heterocycles. The van der Waals surface area contributed by atoms with Crippen LogP contribution in [0.5, 0.6) is 0 Å². The molecular weight excluding hydrogens is 396 g/mol. The van der Waals surface area contributed by atoms with Crippen LogP contribution in [0, 0.1) is 5.41 Å². The van der Waals surface area contributed by atoms with E-state index in [-0.39, 0.29) is 18.0 Å². The first-order valence-electron chi connectivity index (χ1n) is 10.7. The van der Waals surface area contributed by atoms with Crippen molar-refractivity contribution in [3.63, 3.8) is 0 Å². The number of imidazole rings is 1. The Hall–Kier alpha value is -2.94. The normalized spacial score (nSPS) is 20.3. The number of rotatable bonds is 6. The van der Waals surface area contributed by atoms with E-state index in [1.807, 2.05) is 29.8 Å². The quantitative estimate of drug-likeness (QED) is 0.700. The number of piperidine rings is 1. The lowest BCUT2D eigenvalue weighted by molar-refractivity contribution is -0.151. The number of pyridine rings is 1. The number of esters is 1. The molecule has 31 heavy (non-hydrogen) atoms. The minimum atomic E-state index is -0.480. The molecule has 1 atom stereocenters. The number of aromatic nitrogens is 3. The third-order valence-electron chi connectivity index (χ3n) is 6.46. The van der Waals surface area contributed by atoms with E-state index < -0.39 is 5.41 Å². The van der Waals surface area contributed by atoms with Gasteiger partial charge in [0.05, 0.1) is 17.5 Å². The number of carbonyl (C=O) groups is 2. The van der Waals surface area contributed by atoms with Crippen molar-refractivity contribution >= 4 is 17.7 Å². The second-order valence-corrected chi connectivity index (χ2v) is 8.60. The van der Waals surface area contributed by atoms with Gasteiger partial charge in [0.1, 0.15) is 17.7 Å². The van der Waals surface area contributed by atoms with E-state index in [1.54, 1.807) is 31.6 Å². The molecule has 0 bridgehead atoms. The first kappa shape index (κ1) is 21.3. The summed E-state index contributed by atoms with van der Waals surface area (Å²) >= 11 is 0. The van der Waals surface area contributed by atoms with Crippen molar-refractivity contribution in [3.8, 4) is 0 Å². The Morgan fingerprint density at radius 3 is 2.77 bits per heavy atom. The number of aryl methyl sites for hydroxylation is 1. The van der Waals surface area contributed by atoms with Crippen molar-refractivity contribution in [2.75, 3.05) is 39.0 Å². The number of cyclic esters (lactones) is 1. The van der Waals surface area contributed by atoms with E-state index in [2.05, 4.69) is 20.2 Å². The van der Waals surface area contributed by atoms with Crippen molar-refractivity contribution in [2.24, 2.45) is 12.5 Å². The lowest BCUT2D eigenvalue weighted by Crippen LogP contribution is -2.45. The summed E-state index contributed by atoms with van der Waals surface area (Å²) in [5, 5.41) is 2.97. The zero-order chi connectivity index (χ0) is 22.0. The van der Waals surface area contributed by atoms with Crippen LogP contribution in [-0.4, -0.2) is 76.0 Å². The lowest BCUT2D eigenvalue weighted by Gasteiger charge is -2.36. The SMILES string of the molecule is CNc1ncccc1C(=O)N1CCC2(CC1)CC(CN(C)Cc1nccn1C)OC2=O. The molecule has 2 aromatic heterocycles. The van der Waals surface area contributed by atoms with E-state index in [1.165, 1.54) is 0 Å². The number of ether oxygens (including phenoxy) is 1. The summed E-state index contributed by atoms with van der Waals surface area (Å²) in [7, 11) is 5.74. The average molecular weight is 427 g/mol. The molecule has 166 valence electrons. The standard InChI is InChI=1S/C22H30N6O3/c1-23-19-17(5-4-8-25-19)20(29)28-10-6-22(7-11-28)13-16(31-21(22)30)14-26(2)15-18-24-9-12-27(18)3/h4-5,8-9,12,16H,6-7,10-11,13-15H2,1-3H3,(H,23,25). The molecule has 4 rings (SSSR count). The van der Waals surface area contributed by atoms with Crippen molar-refractivity contribution in [3.05, 3.63) is 42.1 Å². The smallest absolute Gasteiger partial charge is 0.312 e. The van der Waals surface area contributed by atoms with Crippen LogP contribution in [0.1, 0.15) is 35.4 Å². The number of anilines is 1. The first-order valence-corrected chi connectivity index (χ1v) is 10.7. The van der Waals surface area contributed by atoms with E-state index in [4.69, 9.17) is 4.74 Å². The van der Waals surface area contributed by atoms with Crippen LogP contribution in [0.3, 0.4) is 0 Å². The highest BCUT2D eigenvalue weighted by atomic mass is 16.6. The van der Waals surface area contributed by atoms with Crippen molar-refractivity contribution in [1.82, 2.24) is 24.3 Å². The van der Waals surface area contributed by atoms with Crippen LogP contribution in [0.15, 0.2) is 30.7 Å². The zero-order valence-electron chi connectivity index (χ0n) is 18.4. The fourth-order valence-corrected chi connectivity index (χ4v) is 4.63. The number of carbonyl (C=O) groups excluding carboxylic acids is 2. The summed E-state index contributed by atoms with van der Waals surface area (Å²) in [5.41, 5.74) is 0.0791. The zero-order valence-corrected chi connectivity index (χ0v) is 18.4. The Morgan fingerprint density at radius 2 is 2.10 bits per heavy atom. The Balaban J connectivity index is 1.34. The van der Waals surface area contributed by atoms with Crippen LogP contribution >= 0.6 is 0 Å². The summed E-state index contributed by atoms with van der Waals surface area (Å²) in [6.07, 6.45) is 7.20.